The molecule has 1 amide bonds. The number of carbonyl (C=O) groups is 2. The van der Waals surface area contributed by atoms with Crippen LogP contribution in [0.2, 0.25) is 0 Å². The van der Waals surface area contributed by atoms with Crippen molar-refractivity contribution in [1.82, 2.24) is 4.90 Å². The third-order valence-corrected chi connectivity index (χ3v) is 3.45. The third-order valence-electron chi connectivity index (χ3n) is 3.45. The molecule has 3 aliphatic rings. The third kappa shape index (κ3) is 1.25. The number of fused-ring (bicyclic) bond motifs is 3. The van der Waals surface area contributed by atoms with Crippen LogP contribution in [0.4, 0.5) is 0 Å². The van der Waals surface area contributed by atoms with Crippen molar-refractivity contribution in [3.63, 3.8) is 0 Å². The summed E-state index contributed by atoms with van der Waals surface area (Å²) in [6.07, 6.45) is 0.308. The van der Waals surface area contributed by atoms with Crippen LogP contribution in [0.25, 0.3) is 0 Å². The molecule has 3 atom stereocenters. The first-order valence-corrected chi connectivity index (χ1v) is 5.68. The van der Waals surface area contributed by atoms with Crippen molar-refractivity contribution in [3.05, 3.63) is 0 Å². The highest BCUT2D eigenvalue weighted by molar-refractivity contribution is 5.96. The van der Waals surface area contributed by atoms with Gasteiger partial charge in [0, 0.05) is 13.0 Å². The number of piperidine rings is 1. The Hall–Kier alpha value is -0.940. The lowest BCUT2D eigenvalue weighted by Gasteiger charge is -2.32. The van der Waals surface area contributed by atoms with E-state index in [2.05, 4.69) is 0 Å². The van der Waals surface area contributed by atoms with Gasteiger partial charge >= 0.3 is 0 Å². The van der Waals surface area contributed by atoms with Crippen molar-refractivity contribution in [2.24, 2.45) is 0 Å². The van der Waals surface area contributed by atoms with Crippen molar-refractivity contribution >= 4 is 11.7 Å². The molecule has 0 aromatic heterocycles. The maximum Gasteiger partial charge on any atom is 0.255 e. The van der Waals surface area contributed by atoms with E-state index in [9.17, 15) is 9.59 Å². The number of nitrogens with zero attached hydrogens (tertiary/aromatic N) is 1. The number of Topliss-reactive ketones (excluding diaryl/α,β-unsaturated/α-hetero) is 1. The van der Waals surface area contributed by atoms with Gasteiger partial charge in [0.2, 0.25) is 0 Å². The lowest BCUT2D eigenvalue weighted by atomic mass is 9.99. The molecule has 3 aliphatic heterocycles. The van der Waals surface area contributed by atoms with Gasteiger partial charge in [0.1, 0.15) is 12.1 Å². The fourth-order valence-electron chi connectivity index (χ4n) is 2.87. The number of amides is 1. The molecule has 3 heterocycles. The van der Waals surface area contributed by atoms with Crippen LogP contribution in [0.1, 0.15) is 26.7 Å². The second-order valence-electron chi connectivity index (χ2n) is 5.07. The van der Waals surface area contributed by atoms with Gasteiger partial charge in [-0.05, 0) is 20.3 Å². The molecule has 3 fully saturated rings. The standard InChI is InChI=1S/C11H15NO4/c1-11(2)15-8-7-6(13)4-3-5-12(7)10(14)9(8)16-11/h7-9H,3-5H2,1-2H3/t7-,8-,9-/m1/s1. The van der Waals surface area contributed by atoms with Crippen LogP contribution in [0.3, 0.4) is 0 Å². The Balaban J connectivity index is 1.94. The van der Waals surface area contributed by atoms with Gasteiger partial charge in [-0.15, -0.1) is 0 Å². The van der Waals surface area contributed by atoms with Crippen molar-refractivity contribution in [2.45, 2.75) is 50.7 Å². The van der Waals surface area contributed by atoms with Gasteiger partial charge in [0.25, 0.3) is 5.91 Å². The molecule has 0 spiro atoms. The summed E-state index contributed by atoms with van der Waals surface area (Å²) in [5, 5.41) is 0. The van der Waals surface area contributed by atoms with Crippen molar-refractivity contribution in [3.8, 4) is 0 Å². The van der Waals surface area contributed by atoms with Gasteiger partial charge in [-0.2, -0.15) is 0 Å². The molecule has 3 rings (SSSR count). The molecule has 16 heavy (non-hydrogen) atoms. The maximum atomic E-state index is 12.0. The minimum Gasteiger partial charge on any atom is -0.341 e. The number of hydrogen-bond acceptors (Lipinski definition) is 4. The van der Waals surface area contributed by atoms with Gasteiger partial charge in [-0.1, -0.05) is 0 Å². The molecule has 0 unspecified atom stereocenters. The van der Waals surface area contributed by atoms with Crippen LogP contribution < -0.4 is 0 Å². The molecular weight excluding hydrogens is 210 g/mol. The zero-order valence-electron chi connectivity index (χ0n) is 9.43. The SMILES string of the molecule is CC1(C)O[C@@H]2[C@H]3C(=O)CCCN3C(=O)[C@@H]2O1. The summed E-state index contributed by atoms with van der Waals surface area (Å²) in [5.74, 6) is -0.739. The molecule has 0 N–H and O–H groups in total. The molecule has 0 radical (unpaired) electrons. The van der Waals surface area contributed by atoms with E-state index in [1.54, 1.807) is 18.7 Å². The fourth-order valence-corrected chi connectivity index (χ4v) is 2.87. The van der Waals surface area contributed by atoms with E-state index in [4.69, 9.17) is 9.47 Å². The average molecular weight is 225 g/mol. The van der Waals surface area contributed by atoms with Gasteiger partial charge in [-0.25, -0.2) is 0 Å². The quantitative estimate of drug-likeness (QED) is 0.586. The molecule has 88 valence electrons. The summed E-state index contributed by atoms with van der Waals surface area (Å²) >= 11 is 0. The number of ketones is 1. The van der Waals surface area contributed by atoms with Crippen LogP contribution in [0.15, 0.2) is 0 Å². The van der Waals surface area contributed by atoms with E-state index >= 15 is 0 Å². The van der Waals surface area contributed by atoms with Crippen LogP contribution in [-0.4, -0.2) is 47.2 Å². The van der Waals surface area contributed by atoms with E-state index in [-0.39, 0.29) is 11.7 Å². The average Bonchev–Trinajstić information content (AvgIpc) is 2.63. The van der Waals surface area contributed by atoms with Crippen LogP contribution in [0, 0.1) is 0 Å². The fraction of sp³-hybridized carbons (Fsp3) is 0.818. The summed E-state index contributed by atoms with van der Waals surface area (Å²) in [7, 11) is 0. The first-order chi connectivity index (χ1) is 7.49. The lowest BCUT2D eigenvalue weighted by molar-refractivity contribution is -0.176. The lowest BCUT2D eigenvalue weighted by Crippen LogP contribution is -2.48. The Kier molecular flexibility index (Phi) is 1.95. The minimum atomic E-state index is -0.755. The molecule has 0 bridgehead atoms. The maximum absolute atomic E-state index is 12.0. The van der Waals surface area contributed by atoms with Gasteiger partial charge in [0.15, 0.2) is 17.7 Å². The van der Waals surface area contributed by atoms with Crippen LogP contribution in [0.5, 0.6) is 0 Å². The number of rotatable bonds is 0. The number of ether oxygens (including phenoxy) is 2. The Bertz CT molecular complexity index is 365. The summed E-state index contributed by atoms with van der Waals surface area (Å²) in [6, 6.07) is -0.409. The Morgan fingerprint density at radius 2 is 2.06 bits per heavy atom. The van der Waals surface area contributed by atoms with Crippen molar-refractivity contribution in [1.29, 1.82) is 0 Å². The highest BCUT2D eigenvalue weighted by Gasteiger charge is 2.60. The van der Waals surface area contributed by atoms with E-state index in [1.165, 1.54) is 0 Å². The van der Waals surface area contributed by atoms with Crippen molar-refractivity contribution < 1.29 is 19.1 Å². The van der Waals surface area contributed by atoms with E-state index < -0.39 is 24.0 Å². The van der Waals surface area contributed by atoms with Gasteiger partial charge in [-0.3, -0.25) is 9.59 Å². The Morgan fingerprint density at radius 1 is 1.31 bits per heavy atom. The van der Waals surface area contributed by atoms with E-state index in [1.807, 2.05) is 0 Å². The van der Waals surface area contributed by atoms with Gasteiger partial charge < -0.3 is 14.4 Å². The molecule has 5 heteroatoms. The second kappa shape index (κ2) is 3.05. The first kappa shape index (κ1) is 10.2. The molecule has 0 aromatic rings. The first-order valence-electron chi connectivity index (χ1n) is 5.68. The highest BCUT2D eigenvalue weighted by Crippen LogP contribution is 2.39. The van der Waals surface area contributed by atoms with Crippen LogP contribution >= 0.6 is 0 Å². The highest BCUT2D eigenvalue weighted by atomic mass is 16.8. The predicted octanol–water partition coefficient (Wildman–Crippen LogP) is 0.0802. The Labute approximate surface area is 93.7 Å². The molecule has 0 aromatic carbocycles. The molecule has 0 saturated carbocycles. The Morgan fingerprint density at radius 3 is 2.81 bits per heavy atom. The van der Waals surface area contributed by atoms with Crippen LogP contribution in [-0.2, 0) is 19.1 Å². The largest absolute Gasteiger partial charge is 0.341 e. The van der Waals surface area contributed by atoms with E-state index in [0.717, 1.165) is 6.42 Å². The minimum absolute atomic E-state index is 0.0892. The molecular formula is C11H15NO4. The smallest absolute Gasteiger partial charge is 0.255 e. The summed E-state index contributed by atoms with van der Waals surface area (Å²) < 4.78 is 11.2. The van der Waals surface area contributed by atoms with Crippen molar-refractivity contribution in [2.75, 3.05) is 6.54 Å². The zero-order chi connectivity index (χ0) is 11.5. The monoisotopic (exact) mass is 225 g/mol. The second-order valence-corrected chi connectivity index (χ2v) is 5.07. The van der Waals surface area contributed by atoms with Gasteiger partial charge in [0.05, 0.1) is 0 Å². The summed E-state index contributed by atoms with van der Waals surface area (Å²) in [6.45, 7) is 4.20. The summed E-state index contributed by atoms with van der Waals surface area (Å²) in [4.78, 5) is 25.5. The predicted molar refractivity (Wildman–Crippen MR) is 53.6 cm³/mol. The van der Waals surface area contributed by atoms with E-state index in [0.29, 0.717) is 13.0 Å². The number of carbonyl (C=O) groups excluding carboxylic acids is 2. The topological polar surface area (TPSA) is 55.8 Å². The zero-order valence-corrected chi connectivity index (χ0v) is 9.43. The molecule has 3 saturated heterocycles. The summed E-state index contributed by atoms with van der Waals surface area (Å²) in [5.41, 5.74) is 0. The molecule has 5 nitrogen and oxygen atoms in total. The molecule has 0 aliphatic carbocycles. The number of hydrogen-bond donors (Lipinski definition) is 0. The normalized spacial score (nSPS) is 41.1.